The highest BCUT2D eigenvalue weighted by molar-refractivity contribution is 9.10. The van der Waals surface area contributed by atoms with Crippen LogP contribution in [0.5, 0.6) is 0 Å². The lowest BCUT2D eigenvalue weighted by molar-refractivity contribution is 0.0525. The van der Waals surface area contributed by atoms with Crippen molar-refractivity contribution in [3.63, 3.8) is 0 Å². The number of carbonyl (C=O) groups is 1. The zero-order valence-corrected chi connectivity index (χ0v) is 9.52. The highest BCUT2D eigenvalue weighted by atomic mass is 79.9. The van der Waals surface area contributed by atoms with Gasteiger partial charge in [0.25, 0.3) is 0 Å². The molecule has 0 aromatic heterocycles. The number of halogens is 2. The maximum atomic E-state index is 13.3. The van der Waals surface area contributed by atoms with E-state index >= 15 is 0 Å². The van der Waals surface area contributed by atoms with Crippen LogP contribution in [0.25, 0.3) is 0 Å². The first-order valence-corrected chi connectivity index (χ1v) is 4.99. The summed E-state index contributed by atoms with van der Waals surface area (Å²) in [5.41, 5.74) is 0.574. The van der Waals surface area contributed by atoms with Gasteiger partial charge in [-0.2, -0.15) is 0 Å². The van der Waals surface area contributed by atoms with E-state index in [1.807, 2.05) is 0 Å². The van der Waals surface area contributed by atoms with Crippen molar-refractivity contribution >= 4 is 21.9 Å². The number of rotatable bonds is 2. The highest BCUT2D eigenvalue weighted by Gasteiger charge is 2.14. The Bertz CT molecular complexity index is 363. The maximum Gasteiger partial charge on any atom is 0.338 e. The van der Waals surface area contributed by atoms with E-state index in [1.54, 1.807) is 19.9 Å². The van der Waals surface area contributed by atoms with E-state index in [0.717, 1.165) is 0 Å². The van der Waals surface area contributed by atoms with Crippen LogP contribution in [-0.4, -0.2) is 12.6 Å². The summed E-state index contributed by atoms with van der Waals surface area (Å²) in [6.07, 6.45) is 0. The first-order valence-electron chi connectivity index (χ1n) is 4.19. The molecule has 0 fully saturated rings. The Kier molecular flexibility index (Phi) is 3.63. The number of hydrogen-bond donors (Lipinski definition) is 0. The molecule has 14 heavy (non-hydrogen) atoms. The van der Waals surface area contributed by atoms with Crippen molar-refractivity contribution in [1.82, 2.24) is 0 Å². The third kappa shape index (κ3) is 2.12. The second-order valence-corrected chi connectivity index (χ2v) is 3.61. The summed E-state index contributed by atoms with van der Waals surface area (Å²) in [6, 6.07) is 3.04. The molecule has 1 rings (SSSR count). The van der Waals surface area contributed by atoms with Gasteiger partial charge in [0, 0.05) is 5.56 Å². The Labute approximate surface area is 90.2 Å². The molecule has 4 heteroatoms. The van der Waals surface area contributed by atoms with Crippen LogP contribution in [0.4, 0.5) is 4.39 Å². The maximum absolute atomic E-state index is 13.3. The first kappa shape index (κ1) is 11.2. The van der Waals surface area contributed by atoms with Gasteiger partial charge in [-0.15, -0.1) is 0 Å². The third-order valence-electron chi connectivity index (χ3n) is 1.83. The number of carbonyl (C=O) groups excluding carboxylic acids is 1. The lowest BCUT2D eigenvalue weighted by atomic mass is 10.1. The highest BCUT2D eigenvalue weighted by Crippen LogP contribution is 2.22. The van der Waals surface area contributed by atoms with Gasteiger partial charge < -0.3 is 4.74 Å². The summed E-state index contributed by atoms with van der Waals surface area (Å²) < 4.78 is 18.5. The third-order valence-corrected chi connectivity index (χ3v) is 2.45. The molecule has 0 spiro atoms. The Morgan fingerprint density at radius 3 is 2.79 bits per heavy atom. The van der Waals surface area contributed by atoms with E-state index in [1.165, 1.54) is 6.07 Å². The number of ether oxygens (including phenoxy) is 1. The molecule has 1 aromatic carbocycles. The Morgan fingerprint density at radius 1 is 1.57 bits per heavy atom. The van der Waals surface area contributed by atoms with Crippen molar-refractivity contribution in [2.24, 2.45) is 0 Å². The molecule has 2 nitrogen and oxygen atoms in total. The predicted octanol–water partition coefficient (Wildman–Crippen LogP) is 3.07. The van der Waals surface area contributed by atoms with Crippen LogP contribution in [-0.2, 0) is 4.74 Å². The topological polar surface area (TPSA) is 26.3 Å². The van der Waals surface area contributed by atoms with Gasteiger partial charge in [0.1, 0.15) is 5.82 Å². The molecule has 0 aliphatic rings. The second kappa shape index (κ2) is 4.55. The first-order chi connectivity index (χ1) is 6.57. The van der Waals surface area contributed by atoms with Crippen molar-refractivity contribution < 1.29 is 13.9 Å². The Balaban J connectivity index is 3.11. The van der Waals surface area contributed by atoms with Crippen molar-refractivity contribution in [2.45, 2.75) is 13.8 Å². The van der Waals surface area contributed by atoms with Crippen LogP contribution in [0, 0.1) is 12.7 Å². The van der Waals surface area contributed by atoms with Gasteiger partial charge in [-0.25, -0.2) is 9.18 Å². The average molecular weight is 261 g/mol. The van der Waals surface area contributed by atoms with Crippen LogP contribution in [0.15, 0.2) is 16.6 Å². The van der Waals surface area contributed by atoms with E-state index < -0.39 is 11.8 Å². The molecule has 0 saturated heterocycles. The second-order valence-electron chi connectivity index (χ2n) is 2.75. The summed E-state index contributed by atoms with van der Waals surface area (Å²) in [4.78, 5) is 11.3. The number of esters is 1. The Hall–Kier alpha value is -0.900. The molecule has 0 heterocycles. The van der Waals surface area contributed by atoms with E-state index in [4.69, 9.17) is 4.74 Å². The summed E-state index contributed by atoms with van der Waals surface area (Å²) in [5.74, 6) is -0.910. The quantitative estimate of drug-likeness (QED) is 0.765. The molecular weight excluding hydrogens is 251 g/mol. The normalized spacial score (nSPS) is 10.0. The summed E-state index contributed by atoms with van der Waals surface area (Å²) in [6.45, 7) is 3.55. The molecule has 0 N–H and O–H groups in total. The van der Waals surface area contributed by atoms with Gasteiger partial charge in [0.05, 0.1) is 16.6 Å². The van der Waals surface area contributed by atoms with Crippen LogP contribution >= 0.6 is 15.9 Å². The fourth-order valence-corrected chi connectivity index (χ4v) is 1.51. The smallest absolute Gasteiger partial charge is 0.338 e. The average Bonchev–Trinajstić information content (AvgIpc) is 2.15. The zero-order chi connectivity index (χ0) is 10.7. The fraction of sp³-hybridized carbons (Fsp3) is 0.300. The molecule has 0 radical (unpaired) electrons. The molecule has 1 aromatic rings. The number of benzene rings is 1. The zero-order valence-electron chi connectivity index (χ0n) is 7.93. The largest absolute Gasteiger partial charge is 0.462 e. The molecular formula is C10H10BrFO2. The van der Waals surface area contributed by atoms with Crippen molar-refractivity contribution in [1.29, 1.82) is 0 Å². The van der Waals surface area contributed by atoms with Crippen LogP contribution in [0.3, 0.4) is 0 Å². The summed E-state index contributed by atoms with van der Waals surface area (Å²) in [7, 11) is 0. The summed E-state index contributed by atoms with van der Waals surface area (Å²) >= 11 is 3.04. The van der Waals surface area contributed by atoms with Crippen molar-refractivity contribution in [2.75, 3.05) is 6.61 Å². The van der Waals surface area contributed by atoms with Crippen molar-refractivity contribution in [3.05, 3.63) is 33.5 Å². The SMILES string of the molecule is CCOC(=O)c1ccc(Br)c(F)c1C. The van der Waals surface area contributed by atoms with Gasteiger partial charge in [-0.3, -0.25) is 0 Å². The van der Waals surface area contributed by atoms with Gasteiger partial charge >= 0.3 is 5.97 Å². The van der Waals surface area contributed by atoms with Gasteiger partial charge in [-0.05, 0) is 41.9 Å². The predicted molar refractivity (Wildman–Crippen MR) is 54.8 cm³/mol. The van der Waals surface area contributed by atoms with E-state index in [9.17, 15) is 9.18 Å². The van der Waals surface area contributed by atoms with Gasteiger partial charge in [0.2, 0.25) is 0 Å². The molecule has 0 saturated carbocycles. The molecule has 0 unspecified atom stereocenters. The van der Waals surface area contributed by atoms with E-state index in [0.29, 0.717) is 10.0 Å². The fourth-order valence-electron chi connectivity index (χ4n) is 1.08. The Morgan fingerprint density at radius 2 is 2.21 bits per heavy atom. The lowest BCUT2D eigenvalue weighted by Crippen LogP contribution is -2.07. The molecule has 0 bridgehead atoms. The molecule has 0 atom stereocenters. The summed E-state index contributed by atoms with van der Waals surface area (Å²) in [5, 5.41) is 0. The monoisotopic (exact) mass is 260 g/mol. The van der Waals surface area contributed by atoms with Gasteiger partial charge in [0.15, 0.2) is 0 Å². The lowest BCUT2D eigenvalue weighted by Gasteiger charge is -2.06. The van der Waals surface area contributed by atoms with Crippen molar-refractivity contribution in [3.8, 4) is 0 Å². The minimum atomic E-state index is -0.489. The molecule has 0 aliphatic heterocycles. The minimum Gasteiger partial charge on any atom is -0.462 e. The number of hydrogen-bond acceptors (Lipinski definition) is 2. The minimum absolute atomic E-state index is 0.271. The van der Waals surface area contributed by atoms with Gasteiger partial charge in [-0.1, -0.05) is 0 Å². The molecule has 76 valence electrons. The van der Waals surface area contributed by atoms with E-state index in [2.05, 4.69) is 15.9 Å². The molecule has 0 aliphatic carbocycles. The van der Waals surface area contributed by atoms with Crippen LogP contribution in [0.1, 0.15) is 22.8 Å². The van der Waals surface area contributed by atoms with E-state index in [-0.39, 0.29) is 12.2 Å². The van der Waals surface area contributed by atoms with Crippen LogP contribution < -0.4 is 0 Å². The molecule has 0 amide bonds. The van der Waals surface area contributed by atoms with Crippen LogP contribution in [0.2, 0.25) is 0 Å². The standard InChI is InChI=1S/C10H10BrFO2/c1-3-14-10(13)7-4-5-8(11)9(12)6(7)2/h4-5H,3H2,1-2H3.